The van der Waals surface area contributed by atoms with Crippen LogP contribution in [0.5, 0.6) is 0 Å². The Morgan fingerprint density at radius 3 is 2.16 bits per heavy atom. The summed E-state index contributed by atoms with van der Waals surface area (Å²) in [7, 11) is 0. The van der Waals surface area contributed by atoms with E-state index in [0.29, 0.717) is 42.1 Å². The number of nitrogens with zero attached hydrogens (tertiary/aromatic N) is 1. The average Bonchev–Trinajstić information content (AvgIpc) is 2.83. The molecule has 0 aromatic heterocycles. The number of benzene rings is 2. The minimum absolute atomic E-state index is 0.00532. The lowest BCUT2D eigenvalue weighted by Crippen LogP contribution is -2.55. The maximum absolute atomic E-state index is 13.3. The SMILES string of the molecule is CCC(C)C(NC(=O)c1ccc(Cl)cc1)C(=O)N1CCC(NC(=O)c2ccccc2)CC1. The number of carbonyl (C=O) groups is 3. The zero-order valence-corrected chi connectivity index (χ0v) is 19.3. The van der Waals surface area contributed by atoms with E-state index in [1.807, 2.05) is 32.0 Å². The number of hydrogen-bond acceptors (Lipinski definition) is 3. The molecule has 1 fully saturated rings. The van der Waals surface area contributed by atoms with E-state index >= 15 is 0 Å². The molecule has 0 radical (unpaired) electrons. The van der Waals surface area contributed by atoms with Gasteiger partial charge in [0.15, 0.2) is 0 Å². The van der Waals surface area contributed by atoms with E-state index in [0.717, 1.165) is 6.42 Å². The molecular weight excluding hydrogens is 426 g/mol. The van der Waals surface area contributed by atoms with Gasteiger partial charge in [-0.1, -0.05) is 50.1 Å². The number of nitrogens with one attached hydrogen (secondary N) is 2. The Hall–Kier alpha value is -2.86. The molecule has 2 atom stereocenters. The van der Waals surface area contributed by atoms with Crippen molar-refractivity contribution in [3.63, 3.8) is 0 Å². The van der Waals surface area contributed by atoms with E-state index in [-0.39, 0.29) is 29.7 Å². The molecule has 0 spiro atoms. The van der Waals surface area contributed by atoms with E-state index in [2.05, 4.69) is 10.6 Å². The molecule has 0 aliphatic carbocycles. The maximum Gasteiger partial charge on any atom is 0.251 e. The number of rotatable bonds is 7. The normalized spacial score (nSPS) is 16.2. The molecule has 2 aromatic carbocycles. The van der Waals surface area contributed by atoms with Crippen LogP contribution >= 0.6 is 11.6 Å². The fourth-order valence-electron chi connectivity index (χ4n) is 3.81. The van der Waals surface area contributed by atoms with Gasteiger partial charge in [-0.25, -0.2) is 0 Å². The monoisotopic (exact) mass is 455 g/mol. The van der Waals surface area contributed by atoms with Crippen LogP contribution in [-0.4, -0.2) is 47.8 Å². The molecule has 32 heavy (non-hydrogen) atoms. The zero-order chi connectivity index (χ0) is 23.1. The van der Waals surface area contributed by atoms with Gasteiger partial charge in [-0.15, -0.1) is 0 Å². The van der Waals surface area contributed by atoms with Crippen LogP contribution in [0.1, 0.15) is 53.8 Å². The third kappa shape index (κ3) is 6.10. The zero-order valence-electron chi connectivity index (χ0n) is 18.5. The van der Waals surface area contributed by atoms with Gasteiger partial charge in [0.25, 0.3) is 11.8 Å². The lowest BCUT2D eigenvalue weighted by atomic mass is 9.95. The molecule has 0 bridgehead atoms. The van der Waals surface area contributed by atoms with Crippen molar-refractivity contribution < 1.29 is 14.4 Å². The van der Waals surface area contributed by atoms with Crippen molar-refractivity contribution in [2.75, 3.05) is 13.1 Å². The minimum atomic E-state index is -0.598. The van der Waals surface area contributed by atoms with Crippen molar-refractivity contribution in [1.29, 1.82) is 0 Å². The maximum atomic E-state index is 13.3. The number of hydrogen-bond donors (Lipinski definition) is 2. The second-order valence-electron chi connectivity index (χ2n) is 8.28. The highest BCUT2D eigenvalue weighted by molar-refractivity contribution is 6.30. The number of likely N-dealkylation sites (tertiary alicyclic amines) is 1. The fraction of sp³-hybridized carbons (Fsp3) is 0.400. The summed E-state index contributed by atoms with van der Waals surface area (Å²) < 4.78 is 0. The van der Waals surface area contributed by atoms with Crippen molar-refractivity contribution in [2.24, 2.45) is 5.92 Å². The van der Waals surface area contributed by atoms with Crippen LogP contribution in [0, 0.1) is 5.92 Å². The largest absolute Gasteiger partial charge is 0.349 e. The Balaban J connectivity index is 1.58. The quantitative estimate of drug-likeness (QED) is 0.664. The Morgan fingerprint density at radius 1 is 0.969 bits per heavy atom. The highest BCUT2D eigenvalue weighted by atomic mass is 35.5. The molecular formula is C25H30ClN3O3. The summed E-state index contributed by atoms with van der Waals surface area (Å²) in [5, 5.41) is 6.54. The van der Waals surface area contributed by atoms with Crippen LogP contribution in [-0.2, 0) is 4.79 Å². The first-order valence-corrected chi connectivity index (χ1v) is 11.5. The predicted molar refractivity (Wildman–Crippen MR) is 126 cm³/mol. The van der Waals surface area contributed by atoms with Gasteiger partial charge in [0, 0.05) is 35.3 Å². The van der Waals surface area contributed by atoms with Crippen LogP contribution in [0.3, 0.4) is 0 Å². The van der Waals surface area contributed by atoms with Gasteiger partial charge >= 0.3 is 0 Å². The Labute approximate surface area is 194 Å². The number of amides is 3. The topological polar surface area (TPSA) is 78.5 Å². The second-order valence-corrected chi connectivity index (χ2v) is 8.72. The third-order valence-corrected chi connectivity index (χ3v) is 6.30. The van der Waals surface area contributed by atoms with Crippen LogP contribution < -0.4 is 10.6 Å². The smallest absolute Gasteiger partial charge is 0.251 e. The molecule has 7 heteroatoms. The van der Waals surface area contributed by atoms with E-state index < -0.39 is 6.04 Å². The molecule has 1 saturated heterocycles. The van der Waals surface area contributed by atoms with E-state index in [4.69, 9.17) is 11.6 Å². The van der Waals surface area contributed by atoms with Gasteiger partial charge in [-0.3, -0.25) is 14.4 Å². The summed E-state index contributed by atoms with van der Waals surface area (Å²) in [6, 6.07) is 15.2. The molecule has 1 aliphatic rings. The van der Waals surface area contributed by atoms with E-state index in [9.17, 15) is 14.4 Å². The van der Waals surface area contributed by atoms with Gasteiger partial charge in [0.1, 0.15) is 6.04 Å². The van der Waals surface area contributed by atoms with E-state index in [1.165, 1.54) is 0 Å². The second kappa shape index (κ2) is 11.1. The number of carbonyl (C=O) groups excluding carboxylic acids is 3. The summed E-state index contributed by atoms with van der Waals surface area (Å²) in [5.74, 6) is -0.461. The summed E-state index contributed by atoms with van der Waals surface area (Å²) in [6.45, 7) is 5.06. The predicted octanol–water partition coefficient (Wildman–Crippen LogP) is 3.91. The molecule has 6 nitrogen and oxygen atoms in total. The van der Waals surface area contributed by atoms with Gasteiger partial charge in [-0.05, 0) is 55.2 Å². The number of piperidine rings is 1. The first-order valence-electron chi connectivity index (χ1n) is 11.1. The highest BCUT2D eigenvalue weighted by Gasteiger charge is 2.32. The molecule has 2 unspecified atom stereocenters. The minimum Gasteiger partial charge on any atom is -0.349 e. The Kier molecular flexibility index (Phi) is 8.28. The van der Waals surface area contributed by atoms with Gasteiger partial charge in [-0.2, -0.15) is 0 Å². The van der Waals surface area contributed by atoms with E-state index in [1.54, 1.807) is 41.3 Å². The molecule has 1 aliphatic heterocycles. The van der Waals surface area contributed by atoms with Crippen molar-refractivity contribution in [3.05, 3.63) is 70.7 Å². The van der Waals surface area contributed by atoms with Gasteiger partial charge in [0.2, 0.25) is 5.91 Å². The van der Waals surface area contributed by atoms with Crippen molar-refractivity contribution in [1.82, 2.24) is 15.5 Å². The molecule has 1 heterocycles. The summed E-state index contributed by atoms with van der Waals surface area (Å²) in [4.78, 5) is 40.2. The summed E-state index contributed by atoms with van der Waals surface area (Å²) in [6.07, 6.45) is 2.13. The lowest BCUT2D eigenvalue weighted by molar-refractivity contribution is -0.135. The molecule has 2 aromatic rings. The lowest BCUT2D eigenvalue weighted by Gasteiger charge is -2.36. The van der Waals surface area contributed by atoms with Crippen LogP contribution in [0.4, 0.5) is 0 Å². The number of halogens is 1. The standard InChI is InChI=1S/C25H30ClN3O3/c1-3-17(2)22(28-24(31)19-9-11-20(26)12-10-19)25(32)29-15-13-21(14-16-29)27-23(30)18-7-5-4-6-8-18/h4-12,17,21-22H,3,13-16H2,1-2H3,(H,27,30)(H,28,31). The first-order chi connectivity index (χ1) is 15.4. The molecule has 3 rings (SSSR count). The van der Waals surface area contributed by atoms with Crippen LogP contribution in [0.15, 0.2) is 54.6 Å². The molecule has 0 saturated carbocycles. The van der Waals surface area contributed by atoms with Crippen molar-refractivity contribution in [3.8, 4) is 0 Å². The fourth-order valence-corrected chi connectivity index (χ4v) is 3.93. The van der Waals surface area contributed by atoms with Crippen molar-refractivity contribution >= 4 is 29.3 Å². The van der Waals surface area contributed by atoms with Crippen molar-refractivity contribution in [2.45, 2.75) is 45.2 Å². The van der Waals surface area contributed by atoms with Crippen LogP contribution in [0.2, 0.25) is 5.02 Å². The first kappa shape index (κ1) is 23.8. The summed E-state index contributed by atoms with van der Waals surface area (Å²) in [5.41, 5.74) is 1.10. The summed E-state index contributed by atoms with van der Waals surface area (Å²) >= 11 is 5.91. The highest BCUT2D eigenvalue weighted by Crippen LogP contribution is 2.18. The average molecular weight is 456 g/mol. The Morgan fingerprint density at radius 2 is 1.56 bits per heavy atom. The Bertz CT molecular complexity index is 925. The molecule has 170 valence electrons. The van der Waals surface area contributed by atoms with Gasteiger partial charge in [0.05, 0.1) is 0 Å². The van der Waals surface area contributed by atoms with Gasteiger partial charge < -0.3 is 15.5 Å². The van der Waals surface area contributed by atoms with Crippen LogP contribution in [0.25, 0.3) is 0 Å². The third-order valence-electron chi connectivity index (χ3n) is 6.05. The molecule has 3 amide bonds. The molecule has 2 N–H and O–H groups in total.